The Hall–Kier alpha value is -2.15. The first kappa shape index (κ1) is 21.1. The summed E-state index contributed by atoms with van der Waals surface area (Å²) >= 11 is 5.92. The van der Waals surface area contributed by atoms with Crippen LogP contribution in [0.15, 0.2) is 42.6 Å². The number of carbonyl (C=O) groups excluding carboxylic acids is 1. The molecule has 4 rings (SSSR count). The fourth-order valence-corrected chi connectivity index (χ4v) is 4.25. The Kier molecular flexibility index (Phi) is 7.20. The lowest BCUT2D eigenvalue weighted by Crippen LogP contribution is -2.40. The topological polar surface area (TPSA) is 57.7 Å². The van der Waals surface area contributed by atoms with Crippen LogP contribution in [0.1, 0.15) is 24.0 Å². The first-order chi connectivity index (χ1) is 14.7. The number of hydrogen-bond acceptors (Lipinski definition) is 5. The second-order valence-electron chi connectivity index (χ2n) is 7.97. The van der Waals surface area contributed by atoms with Crippen molar-refractivity contribution in [3.8, 4) is 0 Å². The van der Waals surface area contributed by atoms with Gasteiger partial charge in [0.25, 0.3) is 0 Å². The molecule has 0 bridgehead atoms. The lowest BCUT2D eigenvalue weighted by Gasteiger charge is -2.32. The second kappa shape index (κ2) is 10.2. The monoisotopic (exact) mass is 428 g/mol. The van der Waals surface area contributed by atoms with E-state index in [1.165, 1.54) is 11.1 Å². The van der Waals surface area contributed by atoms with Crippen LogP contribution in [-0.2, 0) is 22.6 Å². The highest BCUT2D eigenvalue weighted by Gasteiger charge is 2.25. The maximum Gasteiger partial charge on any atom is 0.223 e. The Morgan fingerprint density at radius 2 is 1.80 bits per heavy atom. The number of hydrogen-bond donors (Lipinski definition) is 1. The van der Waals surface area contributed by atoms with Crippen molar-refractivity contribution in [2.75, 3.05) is 44.3 Å². The van der Waals surface area contributed by atoms with Crippen LogP contribution < -0.4 is 10.2 Å². The van der Waals surface area contributed by atoms with Gasteiger partial charge in [-0.2, -0.15) is 0 Å². The molecule has 2 saturated heterocycles. The van der Waals surface area contributed by atoms with Gasteiger partial charge in [-0.05, 0) is 36.1 Å². The number of morpholine rings is 1. The molecule has 2 aliphatic heterocycles. The minimum absolute atomic E-state index is 0.0555. The summed E-state index contributed by atoms with van der Waals surface area (Å²) in [7, 11) is 0. The Labute approximate surface area is 183 Å². The number of nitrogens with zero attached hydrogens (tertiary/aromatic N) is 3. The van der Waals surface area contributed by atoms with Gasteiger partial charge in [0.15, 0.2) is 0 Å². The Morgan fingerprint density at radius 3 is 2.50 bits per heavy atom. The number of ether oxygens (including phenoxy) is 1. The van der Waals surface area contributed by atoms with E-state index in [-0.39, 0.29) is 11.8 Å². The van der Waals surface area contributed by atoms with Gasteiger partial charge in [0.05, 0.1) is 18.2 Å². The van der Waals surface area contributed by atoms with Gasteiger partial charge in [-0.15, -0.1) is 0 Å². The van der Waals surface area contributed by atoms with Gasteiger partial charge >= 0.3 is 0 Å². The van der Waals surface area contributed by atoms with E-state index in [1.807, 2.05) is 18.2 Å². The lowest BCUT2D eigenvalue weighted by atomic mass is 9.95. The molecule has 2 aromatic rings. The number of aromatic nitrogens is 1. The van der Waals surface area contributed by atoms with Gasteiger partial charge in [0, 0.05) is 51.4 Å². The van der Waals surface area contributed by atoms with Crippen molar-refractivity contribution in [1.29, 1.82) is 0 Å². The number of amides is 1. The molecule has 1 N–H and O–H groups in total. The molecule has 1 amide bonds. The summed E-state index contributed by atoms with van der Waals surface area (Å²) in [4.78, 5) is 21.8. The van der Waals surface area contributed by atoms with Crippen LogP contribution in [0.2, 0.25) is 5.02 Å². The Balaban J connectivity index is 1.27. The standard InChI is InChI=1S/C23H29ClN4O2/c24-21-5-6-22(25-16-21)28-9-7-18(8-10-28)23(29)26-15-19-3-1-2-4-20(19)17-27-11-13-30-14-12-27/h1-6,16,18H,7-15,17H2,(H,26,29). The van der Waals surface area contributed by atoms with Gasteiger partial charge in [0.1, 0.15) is 5.82 Å². The number of pyridine rings is 1. The minimum Gasteiger partial charge on any atom is -0.379 e. The van der Waals surface area contributed by atoms with Gasteiger partial charge in [-0.1, -0.05) is 35.9 Å². The third-order valence-electron chi connectivity index (χ3n) is 5.97. The van der Waals surface area contributed by atoms with Crippen molar-refractivity contribution in [3.63, 3.8) is 0 Å². The fraction of sp³-hybridized carbons (Fsp3) is 0.478. The van der Waals surface area contributed by atoms with E-state index in [1.54, 1.807) is 6.20 Å². The van der Waals surface area contributed by atoms with Crippen molar-refractivity contribution in [1.82, 2.24) is 15.2 Å². The fourth-order valence-electron chi connectivity index (χ4n) is 4.14. The molecule has 7 heteroatoms. The van der Waals surface area contributed by atoms with Gasteiger partial charge < -0.3 is 15.0 Å². The number of benzene rings is 1. The second-order valence-corrected chi connectivity index (χ2v) is 8.41. The smallest absolute Gasteiger partial charge is 0.223 e. The molecule has 1 aromatic heterocycles. The summed E-state index contributed by atoms with van der Waals surface area (Å²) in [6.07, 6.45) is 3.35. The third kappa shape index (κ3) is 5.50. The number of piperidine rings is 1. The molecule has 0 spiro atoms. The van der Waals surface area contributed by atoms with E-state index in [4.69, 9.17) is 16.3 Å². The van der Waals surface area contributed by atoms with Crippen LogP contribution in [0.4, 0.5) is 5.82 Å². The highest BCUT2D eigenvalue weighted by atomic mass is 35.5. The number of anilines is 1. The number of carbonyl (C=O) groups is 1. The van der Waals surface area contributed by atoms with Crippen LogP contribution in [0.5, 0.6) is 0 Å². The highest BCUT2D eigenvalue weighted by molar-refractivity contribution is 6.30. The summed E-state index contributed by atoms with van der Waals surface area (Å²) in [5.41, 5.74) is 2.48. The zero-order valence-corrected chi connectivity index (χ0v) is 18.0. The molecule has 0 unspecified atom stereocenters. The van der Waals surface area contributed by atoms with Gasteiger partial charge in [0.2, 0.25) is 5.91 Å². The Bertz CT molecular complexity index is 831. The minimum atomic E-state index is 0.0555. The van der Waals surface area contributed by atoms with Crippen molar-refractivity contribution in [2.45, 2.75) is 25.9 Å². The lowest BCUT2D eigenvalue weighted by molar-refractivity contribution is -0.125. The Morgan fingerprint density at radius 1 is 1.07 bits per heavy atom. The van der Waals surface area contributed by atoms with Gasteiger partial charge in [-0.3, -0.25) is 9.69 Å². The first-order valence-electron chi connectivity index (χ1n) is 10.7. The summed E-state index contributed by atoms with van der Waals surface area (Å²) < 4.78 is 5.44. The molecule has 6 nitrogen and oxygen atoms in total. The molecule has 30 heavy (non-hydrogen) atoms. The van der Waals surface area contributed by atoms with E-state index in [0.717, 1.165) is 64.6 Å². The van der Waals surface area contributed by atoms with Crippen molar-refractivity contribution < 1.29 is 9.53 Å². The summed E-state index contributed by atoms with van der Waals surface area (Å²) in [5.74, 6) is 1.13. The molecule has 0 aliphatic carbocycles. The van der Waals surface area contributed by atoms with E-state index < -0.39 is 0 Å². The van der Waals surface area contributed by atoms with Crippen LogP contribution in [0.3, 0.4) is 0 Å². The first-order valence-corrected chi connectivity index (χ1v) is 11.1. The van der Waals surface area contributed by atoms with Crippen LogP contribution in [0, 0.1) is 5.92 Å². The summed E-state index contributed by atoms with van der Waals surface area (Å²) in [6, 6.07) is 12.2. The van der Waals surface area contributed by atoms with E-state index in [2.05, 4.69) is 38.3 Å². The molecule has 2 fully saturated rings. The van der Waals surface area contributed by atoms with Crippen molar-refractivity contribution in [2.24, 2.45) is 5.92 Å². The third-order valence-corrected chi connectivity index (χ3v) is 6.19. The zero-order valence-electron chi connectivity index (χ0n) is 17.2. The largest absolute Gasteiger partial charge is 0.379 e. The average molecular weight is 429 g/mol. The maximum absolute atomic E-state index is 12.8. The summed E-state index contributed by atoms with van der Waals surface area (Å²) in [6.45, 7) is 6.66. The molecule has 2 aliphatic rings. The van der Waals surface area contributed by atoms with E-state index >= 15 is 0 Å². The van der Waals surface area contributed by atoms with Crippen LogP contribution >= 0.6 is 11.6 Å². The van der Waals surface area contributed by atoms with Crippen molar-refractivity contribution >= 4 is 23.3 Å². The molecular formula is C23H29ClN4O2. The quantitative estimate of drug-likeness (QED) is 0.766. The molecule has 160 valence electrons. The highest BCUT2D eigenvalue weighted by Crippen LogP contribution is 2.23. The molecule has 1 aromatic carbocycles. The predicted octanol–water partition coefficient (Wildman–Crippen LogP) is 3.10. The molecule has 0 saturated carbocycles. The van der Waals surface area contributed by atoms with Gasteiger partial charge in [-0.25, -0.2) is 4.98 Å². The van der Waals surface area contributed by atoms with E-state index in [9.17, 15) is 4.79 Å². The number of nitrogens with one attached hydrogen (secondary N) is 1. The maximum atomic E-state index is 12.8. The number of rotatable bonds is 6. The molecule has 3 heterocycles. The molecule has 0 radical (unpaired) electrons. The SMILES string of the molecule is O=C(NCc1ccccc1CN1CCOCC1)C1CCN(c2ccc(Cl)cn2)CC1. The predicted molar refractivity (Wildman–Crippen MR) is 119 cm³/mol. The van der Waals surface area contributed by atoms with E-state index in [0.29, 0.717) is 11.6 Å². The normalized spacial score (nSPS) is 18.4. The average Bonchev–Trinajstić information content (AvgIpc) is 2.80. The van der Waals surface area contributed by atoms with Crippen molar-refractivity contribution in [3.05, 3.63) is 58.7 Å². The number of halogens is 1. The summed E-state index contributed by atoms with van der Waals surface area (Å²) in [5, 5.41) is 3.82. The van der Waals surface area contributed by atoms with Crippen LogP contribution in [0.25, 0.3) is 0 Å². The molecular weight excluding hydrogens is 400 g/mol. The van der Waals surface area contributed by atoms with Crippen LogP contribution in [-0.4, -0.2) is 55.2 Å². The zero-order chi connectivity index (χ0) is 20.8. The molecule has 0 atom stereocenters.